The summed E-state index contributed by atoms with van der Waals surface area (Å²) in [6.07, 6.45) is 6.18. The van der Waals surface area contributed by atoms with E-state index >= 15 is 0 Å². The van der Waals surface area contributed by atoms with Crippen LogP contribution >= 0.6 is 0 Å². The van der Waals surface area contributed by atoms with Gasteiger partial charge in [-0.2, -0.15) is 0 Å². The maximum absolute atomic E-state index is 14.4. The Morgan fingerprint density at radius 3 is 2.70 bits per heavy atom. The van der Waals surface area contributed by atoms with E-state index in [1.54, 1.807) is 30.4 Å². The number of rotatable bonds is 3. The number of aliphatic hydroxyl groups excluding tert-OH is 1. The number of hydrogen-bond acceptors (Lipinski definition) is 4. The lowest BCUT2D eigenvalue weighted by Crippen LogP contribution is -2.32. The molecule has 2 N–H and O–H groups in total. The average molecular weight is 368 g/mol. The average Bonchev–Trinajstić information content (AvgIpc) is 2.67. The lowest BCUT2D eigenvalue weighted by Gasteiger charge is -2.38. The zero-order valence-electron chi connectivity index (χ0n) is 14.9. The summed E-state index contributed by atoms with van der Waals surface area (Å²) < 4.78 is 25.4. The molecule has 2 aromatic carbocycles. The van der Waals surface area contributed by atoms with Gasteiger partial charge >= 0.3 is 0 Å². The number of ether oxygens (including phenoxy) is 2. The molecule has 4 rings (SSSR count). The number of phenolic OH excluding ortho intramolecular Hbond substituents is 1. The van der Waals surface area contributed by atoms with E-state index in [-0.39, 0.29) is 35.0 Å². The molecule has 5 heteroatoms. The van der Waals surface area contributed by atoms with E-state index in [1.165, 1.54) is 13.2 Å². The molecular weight excluding hydrogens is 347 g/mol. The van der Waals surface area contributed by atoms with Crippen LogP contribution < -0.4 is 9.47 Å². The number of methoxy groups -OCH3 is 1. The summed E-state index contributed by atoms with van der Waals surface area (Å²) in [5.41, 5.74) is 1.75. The number of allylic oxidation sites excluding steroid dienone is 3. The number of hydrogen-bond donors (Lipinski definition) is 2. The van der Waals surface area contributed by atoms with Crippen molar-refractivity contribution in [1.29, 1.82) is 0 Å². The molecule has 0 radical (unpaired) electrons. The normalized spacial score (nSPS) is 23.9. The highest BCUT2D eigenvalue weighted by Crippen LogP contribution is 2.47. The van der Waals surface area contributed by atoms with E-state index in [1.807, 2.05) is 18.2 Å². The minimum atomic E-state index is -0.405. The Balaban J connectivity index is 1.79. The fraction of sp³-hybridized carbons (Fsp3) is 0.273. The molecule has 0 amide bonds. The van der Waals surface area contributed by atoms with Crippen LogP contribution in [0.25, 0.3) is 0 Å². The van der Waals surface area contributed by atoms with Crippen LogP contribution in [0.3, 0.4) is 0 Å². The van der Waals surface area contributed by atoms with E-state index in [2.05, 4.69) is 0 Å². The van der Waals surface area contributed by atoms with E-state index in [4.69, 9.17) is 9.47 Å². The van der Waals surface area contributed by atoms with Crippen molar-refractivity contribution in [3.05, 3.63) is 77.3 Å². The largest absolute Gasteiger partial charge is 0.508 e. The van der Waals surface area contributed by atoms with Crippen LogP contribution in [-0.2, 0) is 0 Å². The van der Waals surface area contributed by atoms with Gasteiger partial charge in [-0.15, -0.1) is 0 Å². The van der Waals surface area contributed by atoms with E-state index < -0.39 is 5.82 Å². The number of aromatic hydroxyl groups is 1. The van der Waals surface area contributed by atoms with Crippen molar-refractivity contribution in [2.45, 2.75) is 12.3 Å². The predicted octanol–water partition coefficient (Wildman–Crippen LogP) is 4.70. The summed E-state index contributed by atoms with van der Waals surface area (Å²) in [6.45, 7) is 0.443. The summed E-state index contributed by atoms with van der Waals surface area (Å²) in [7, 11) is 1.44. The molecule has 3 atom stereocenters. The third-order valence-electron chi connectivity index (χ3n) is 5.39. The molecule has 2 aliphatic rings. The Labute approximate surface area is 157 Å². The van der Waals surface area contributed by atoms with Gasteiger partial charge in [0, 0.05) is 23.5 Å². The monoisotopic (exact) mass is 368 g/mol. The van der Waals surface area contributed by atoms with E-state index in [0.717, 1.165) is 11.1 Å². The Bertz CT molecular complexity index is 919. The molecule has 1 heterocycles. The first-order valence-corrected chi connectivity index (χ1v) is 8.93. The maximum atomic E-state index is 14.4. The smallest absolute Gasteiger partial charge is 0.165 e. The number of halogens is 1. The third kappa shape index (κ3) is 3.25. The lowest BCUT2D eigenvalue weighted by molar-refractivity contribution is 0.169. The molecule has 4 nitrogen and oxygen atoms in total. The molecule has 1 unspecified atom stereocenters. The van der Waals surface area contributed by atoms with E-state index in [9.17, 15) is 14.6 Å². The van der Waals surface area contributed by atoms with Crippen LogP contribution in [0.2, 0.25) is 0 Å². The molecule has 27 heavy (non-hydrogen) atoms. The Kier molecular flexibility index (Phi) is 4.52. The van der Waals surface area contributed by atoms with Gasteiger partial charge in [0.15, 0.2) is 11.6 Å². The second-order valence-corrected chi connectivity index (χ2v) is 6.96. The van der Waals surface area contributed by atoms with Gasteiger partial charge in [0.1, 0.15) is 17.3 Å². The molecule has 1 aliphatic heterocycles. The van der Waals surface area contributed by atoms with Crippen LogP contribution in [0.4, 0.5) is 4.39 Å². The number of aliphatic hydroxyl groups is 1. The van der Waals surface area contributed by atoms with Crippen molar-refractivity contribution in [3.8, 4) is 17.2 Å². The summed E-state index contributed by atoms with van der Waals surface area (Å²) in [6, 6.07) is 10.1. The first-order valence-electron chi connectivity index (χ1n) is 8.93. The molecule has 1 aliphatic carbocycles. The van der Waals surface area contributed by atoms with Gasteiger partial charge < -0.3 is 19.7 Å². The van der Waals surface area contributed by atoms with Gasteiger partial charge in [-0.1, -0.05) is 18.2 Å². The highest BCUT2D eigenvalue weighted by atomic mass is 19.1. The van der Waals surface area contributed by atoms with Gasteiger partial charge in [-0.05, 0) is 48.3 Å². The molecule has 140 valence electrons. The van der Waals surface area contributed by atoms with Crippen LogP contribution in [0.5, 0.6) is 17.2 Å². The fourth-order valence-corrected chi connectivity index (χ4v) is 4.03. The van der Waals surface area contributed by atoms with Crippen molar-refractivity contribution in [3.63, 3.8) is 0 Å². The second kappa shape index (κ2) is 6.99. The molecule has 0 saturated carbocycles. The van der Waals surface area contributed by atoms with Gasteiger partial charge in [0.05, 0.1) is 13.7 Å². The summed E-state index contributed by atoms with van der Waals surface area (Å²) in [5.74, 6) is 0.936. The Morgan fingerprint density at radius 2 is 2.00 bits per heavy atom. The van der Waals surface area contributed by atoms with Crippen molar-refractivity contribution in [2.75, 3.05) is 13.7 Å². The highest BCUT2D eigenvalue weighted by Gasteiger charge is 2.37. The first kappa shape index (κ1) is 17.5. The first-order chi connectivity index (χ1) is 13.1. The van der Waals surface area contributed by atoms with Crippen molar-refractivity contribution < 1.29 is 24.1 Å². The maximum Gasteiger partial charge on any atom is 0.165 e. The molecular formula is C22H21FO4. The zero-order valence-corrected chi connectivity index (χ0v) is 14.9. The topological polar surface area (TPSA) is 58.9 Å². The summed E-state index contributed by atoms with van der Waals surface area (Å²) >= 11 is 0. The van der Waals surface area contributed by atoms with E-state index in [0.29, 0.717) is 18.8 Å². The van der Waals surface area contributed by atoms with Crippen LogP contribution in [0, 0.1) is 17.7 Å². The molecule has 2 aromatic rings. The zero-order chi connectivity index (χ0) is 19.0. The molecule has 0 fully saturated rings. The van der Waals surface area contributed by atoms with Gasteiger partial charge in [0.2, 0.25) is 0 Å². The molecule has 0 aromatic heterocycles. The highest BCUT2D eigenvalue weighted by molar-refractivity contribution is 5.49. The Hall–Kier alpha value is -2.95. The lowest BCUT2D eigenvalue weighted by atomic mass is 9.71. The summed E-state index contributed by atoms with van der Waals surface area (Å²) in [4.78, 5) is 0. The van der Waals surface area contributed by atoms with Crippen molar-refractivity contribution in [2.24, 2.45) is 11.8 Å². The van der Waals surface area contributed by atoms with Crippen LogP contribution in [-0.4, -0.2) is 23.9 Å². The summed E-state index contributed by atoms with van der Waals surface area (Å²) in [5, 5.41) is 19.4. The SMILES string of the molecule is COc1ccc([C@@H]2c3ccc(O)cc3OC[C@@H]2C2C=CC(O)=CC2)cc1F. The fourth-order valence-electron chi connectivity index (χ4n) is 4.03. The van der Waals surface area contributed by atoms with Crippen molar-refractivity contribution in [1.82, 2.24) is 0 Å². The van der Waals surface area contributed by atoms with Crippen LogP contribution in [0.15, 0.2) is 60.4 Å². The predicted molar refractivity (Wildman–Crippen MR) is 99.8 cm³/mol. The molecule has 0 bridgehead atoms. The standard InChI is InChI=1S/C22H21FO4/c1-26-20-9-4-14(10-19(20)23)22-17-8-7-16(25)11-21(17)27-12-18(22)13-2-5-15(24)6-3-13/h2,4-11,13,18,22,24-25H,3,12H2,1H3/t13?,18-,22-/m1/s1. The minimum Gasteiger partial charge on any atom is -0.508 e. The van der Waals surface area contributed by atoms with Gasteiger partial charge in [-0.25, -0.2) is 4.39 Å². The number of benzene rings is 2. The van der Waals surface area contributed by atoms with Gasteiger partial charge in [-0.3, -0.25) is 0 Å². The van der Waals surface area contributed by atoms with Crippen LogP contribution in [0.1, 0.15) is 23.5 Å². The van der Waals surface area contributed by atoms with Gasteiger partial charge in [0.25, 0.3) is 0 Å². The Morgan fingerprint density at radius 1 is 1.15 bits per heavy atom. The molecule has 0 saturated heterocycles. The number of fused-ring (bicyclic) bond motifs is 1. The quantitative estimate of drug-likeness (QED) is 0.825. The second-order valence-electron chi connectivity index (χ2n) is 6.96. The minimum absolute atomic E-state index is 0.0652. The van der Waals surface area contributed by atoms with Crippen molar-refractivity contribution >= 4 is 0 Å². The number of phenols is 1. The molecule has 0 spiro atoms. The third-order valence-corrected chi connectivity index (χ3v) is 5.39.